The molecule has 0 radical (unpaired) electrons. The number of rotatable bonds is 15. The summed E-state index contributed by atoms with van der Waals surface area (Å²) < 4.78 is 55.1. The van der Waals surface area contributed by atoms with Gasteiger partial charge in [-0.05, 0) is 60.4 Å². The van der Waals surface area contributed by atoms with E-state index in [1.54, 1.807) is 18.2 Å². The van der Waals surface area contributed by atoms with Gasteiger partial charge in [-0.25, -0.2) is 4.39 Å². The van der Waals surface area contributed by atoms with E-state index in [1.807, 2.05) is 27.7 Å². The van der Waals surface area contributed by atoms with Crippen LogP contribution in [-0.2, 0) is 39.8 Å². The molecule has 1 heterocycles. The highest BCUT2D eigenvalue weighted by Crippen LogP contribution is 2.41. The molecule has 1 amide bonds. The maximum Gasteiger partial charge on any atom is 0.418 e. The number of fused-ring (bicyclic) bond motifs is 3. The number of aryl methyl sites for hydroxylation is 2. The lowest BCUT2D eigenvalue weighted by Crippen LogP contribution is -2.60. The van der Waals surface area contributed by atoms with Gasteiger partial charge in [0.1, 0.15) is 17.1 Å². The summed E-state index contributed by atoms with van der Waals surface area (Å²) in [4.78, 5) is 45.0. The molecule has 0 spiro atoms. The molecule has 1 aliphatic carbocycles. The lowest BCUT2D eigenvalue weighted by molar-refractivity contribution is -0.137. The van der Waals surface area contributed by atoms with Crippen LogP contribution >= 0.6 is 12.2 Å². The average molecular weight is 688 g/mol. The number of carbonyl (C=O) groups excluding carboxylic acids is 3. The number of hydrogen-bond donors (Lipinski definition) is 3. The number of nitrogens with two attached hydrogens (primary N) is 1. The number of aromatic nitrogens is 1. The maximum atomic E-state index is 14.4. The van der Waals surface area contributed by atoms with E-state index >= 15 is 0 Å². The molecule has 3 aromatic rings. The largest absolute Gasteiger partial charge is 0.418 e. The van der Waals surface area contributed by atoms with Gasteiger partial charge in [-0.1, -0.05) is 77.0 Å². The van der Waals surface area contributed by atoms with Gasteiger partial charge in [-0.15, -0.1) is 0 Å². The normalized spacial score (nSPS) is 18.8. The fraction of sp³-hybridized carbons (Fsp3) is 0.514. The number of nitrogens with one attached hydrogen (secondary N) is 2. The van der Waals surface area contributed by atoms with Crippen molar-refractivity contribution in [1.82, 2.24) is 10.3 Å². The highest BCUT2D eigenvalue weighted by atomic mass is 32.1. The summed E-state index contributed by atoms with van der Waals surface area (Å²) in [5, 5.41) is 3.43. The van der Waals surface area contributed by atoms with Crippen molar-refractivity contribution in [3.8, 4) is 0 Å². The molecule has 0 aliphatic heterocycles. The van der Waals surface area contributed by atoms with E-state index in [0.29, 0.717) is 29.5 Å². The molecule has 11 heteroatoms. The Morgan fingerprint density at radius 1 is 1.00 bits per heavy atom. The molecule has 0 bridgehead atoms. The second-order valence-corrected chi connectivity index (χ2v) is 13.9. The maximum absolute atomic E-state index is 14.4. The van der Waals surface area contributed by atoms with Gasteiger partial charge in [0, 0.05) is 48.6 Å². The highest BCUT2D eigenvalue weighted by Gasteiger charge is 2.46. The van der Waals surface area contributed by atoms with Gasteiger partial charge in [-0.2, -0.15) is 13.2 Å². The Balaban J connectivity index is 1.68. The van der Waals surface area contributed by atoms with E-state index in [9.17, 15) is 31.9 Å². The Labute approximate surface area is 284 Å². The van der Waals surface area contributed by atoms with Crippen LogP contribution in [0.1, 0.15) is 88.6 Å². The first kappa shape index (κ1) is 37.2. The van der Waals surface area contributed by atoms with E-state index in [2.05, 4.69) is 10.3 Å². The zero-order valence-corrected chi connectivity index (χ0v) is 28.8. The first-order chi connectivity index (χ1) is 22.6. The number of halogens is 4. The Morgan fingerprint density at radius 3 is 2.25 bits per heavy atom. The number of H-pyrrole nitrogens is 1. The number of para-hydroxylation sites is 1. The number of ketones is 2. The van der Waals surface area contributed by atoms with Crippen LogP contribution in [0.3, 0.4) is 0 Å². The van der Waals surface area contributed by atoms with E-state index in [-0.39, 0.29) is 78.2 Å². The number of Topliss-reactive ketones (excluding diaryl/α,β-unsaturated/α-hetero) is 2. The minimum Gasteiger partial charge on any atom is -0.393 e. The molecule has 0 saturated carbocycles. The van der Waals surface area contributed by atoms with Crippen molar-refractivity contribution in [3.63, 3.8) is 0 Å². The minimum absolute atomic E-state index is 0.00706. The van der Waals surface area contributed by atoms with Gasteiger partial charge >= 0.3 is 6.18 Å². The molecule has 3 unspecified atom stereocenters. The zero-order valence-electron chi connectivity index (χ0n) is 27.9. The van der Waals surface area contributed by atoms with Crippen molar-refractivity contribution in [2.45, 2.75) is 97.2 Å². The van der Waals surface area contributed by atoms with E-state index < -0.39 is 35.0 Å². The van der Waals surface area contributed by atoms with Crippen molar-refractivity contribution in [3.05, 3.63) is 70.7 Å². The van der Waals surface area contributed by atoms with Gasteiger partial charge in [0.05, 0.1) is 16.1 Å². The number of benzene rings is 2. The van der Waals surface area contributed by atoms with Crippen LogP contribution in [0, 0.1) is 29.5 Å². The molecule has 48 heavy (non-hydrogen) atoms. The zero-order chi connectivity index (χ0) is 35.4. The van der Waals surface area contributed by atoms with Gasteiger partial charge in [0.15, 0.2) is 5.78 Å². The van der Waals surface area contributed by atoms with Crippen LogP contribution in [0.5, 0.6) is 0 Å². The molecular formula is C37H45F4N3O3S. The van der Waals surface area contributed by atoms with Crippen LogP contribution in [0.25, 0.3) is 10.9 Å². The monoisotopic (exact) mass is 687 g/mol. The fourth-order valence-corrected chi connectivity index (χ4v) is 7.15. The summed E-state index contributed by atoms with van der Waals surface area (Å²) in [6, 6.07) is 9.88. The molecule has 6 nitrogen and oxygen atoms in total. The quantitative estimate of drug-likeness (QED) is 0.112. The molecule has 1 aliphatic rings. The number of hydrogen-bond acceptors (Lipinski definition) is 4. The van der Waals surface area contributed by atoms with Gasteiger partial charge in [0.2, 0.25) is 5.91 Å². The molecule has 4 N–H and O–H groups in total. The summed E-state index contributed by atoms with van der Waals surface area (Å²) >= 11 is 5.34. The Bertz CT molecular complexity index is 1650. The SMILES string of the molecule is CCC(C)[C@H](CC(=O)CCc1ccc(F)cc1)C(=O)NC1(C(=O)C[C@H](C(N)=S)C(C)CC)CCc2[nH]c3c(C(F)(F)F)cccc3c2C1. The second kappa shape index (κ2) is 15.3. The summed E-state index contributed by atoms with van der Waals surface area (Å²) in [6.07, 6.45) is -2.37. The summed E-state index contributed by atoms with van der Waals surface area (Å²) in [5.41, 5.74) is 5.77. The smallest absolute Gasteiger partial charge is 0.393 e. The lowest BCUT2D eigenvalue weighted by Gasteiger charge is -2.39. The molecule has 5 atom stereocenters. The summed E-state index contributed by atoms with van der Waals surface area (Å²) in [7, 11) is 0. The number of amides is 1. The Hall–Kier alpha value is -3.60. The van der Waals surface area contributed by atoms with Crippen molar-refractivity contribution < 1.29 is 31.9 Å². The Kier molecular flexibility index (Phi) is 11.9. The van der Waals surface area contributed by atoms with Crippen LogP contribution in [0.2, 0.25) is 0 Å². The van der Waals surface area contributed by atoms with E-state index in [0.717, 1.165) is 18.1 Å². The molecule has 0 saturated heterocycles. The minimum atomic E-state index is -4.58. The molecule has 0 fully saturated rings. The van der Waals surface area contributed by atoms with Crippen molar-refractivity contribution in [2.75, 3.05) is 0 Å². The third-order valence-corrected chi connectivity index (χ3v) is 10.6. The second-order valence-electron chi connectivity index (χ2n) is 13.4. The fourth-order valence-electron chi connectivity index (χ4n) is 6.83. The molecular weight excluding hydrogens is 642 g/mol. The first-order valence-electron chi connectivity index (χ1n) is 16.7. The van der Waals surface area contributed by atoms with Crippen molar-refractivity contribution >= 4 is 45.6 Å². The number of aromatic amines is 1. The van der Waals surface area contributed by atoms with Crippen LogP contribution in [0.15, 0.2) is 42.5 Å². The van der Waals surface area contributed by atoms with Crippen LogP contribution in [0.4, 0.5) is 17.6 Å². The van der Waals surface area contributed by atoms with Crippen LogP contribution < -0.4 is 11.1 Å². The molecule has 1 aromatic heterocycles. The molecule has 2 aromatic carbocycles. The topological polar surface area (TPSA) is 105 Å². The van der Waals surface area contributed by atoms with E-state index in [1.165, 1.54) is 18.2 Å². The molecule has 4 rings (SSSR count). The predicted molar refractivity (Wildman–Crippen MR) is 183 cm³/mol. The summed E-state index contributed by atoms with van der Waals surface area (Å²) in [5.74, 6) is -2.59. The highest BCUT2D eigenvalue weighted by molar-refractivity contribution is 7.80. The van der Waals surface area contributed by atoms with Gasteiger partial charge in [0.25, 0.3) is 0 Å². The standard InChI is InChI=1S/C37H45F4N3O3S/c1-5-21(3)27(34(42)48)19-32(46)36(17-16-31-29(20-36)26-8-7-9-30(33(26)43-31)37(39,40)41)44-35(47)28(22(4)6-2)18-25(45)15-12-23-10-13-24(38)14-11-23/h7-11,13-14,21-22,27-28,43H,5-6,12,15-20H2,1-4H3,(H2,42,48)(H,44,47)/t21?,22?,27-,28-,36?/m0/s1. The predicted octanol–water partition coefficient (Wildman–Crippen LogP) is 7.83. The van der Waals surface area contributed by atoms with E-state index in [4.69, 9.17) is 18.0 Å². The lowest BCUT2D eigenvalue weighted by atomic mass is 9.72. The Morgan fingerprint density at radius 2 is 1.65 bits per heavy atom. The summed E-state index contributed by atoms with van der Waals surface area (Å²) in [6.45, 7) is 7.73. The number of thiocarbonyl (C=S) groups is 1. The third-order valence-electron chi connectivity index (χ3n) is 10.3. The van der Waals surface area contributed by atoms with Gasteiger partial charge < -0.3 is 16.0 Å². The number of carbonyl (C=O) groups is 3. The van der Waals surface area contributed by atoms with Gasteiger partial charge in [-0.3, -0.25) is 14.4 Å². The van der Waals surface area contributed by atoms with Crippen molar-refractivity contribution in [2.24, 2.45) is 29.4 Å². The molecule has 260 valence electrons. The first-order valence-corrected chi connectivity index (χ1v) is 17.1. The van der Waals surface area contributed by atoms with Crippen LogP contribution in [-0.4, -0.2) is 33.0 Å². The third kappa shape index (κ3) is 8.33. The van der Waals surface area contributed by atoms with Crippen molar-refractivity contribution in [1.29, 1.82) is 0 Å². The average Bonchev–Trinajstić information content (AvgIpc) is 3.41. The number of alkyl halides is 3.